The summed E-state index contributed by atoms with van der Waals surface area (Å²) >= 11 is 0. The first kappa shape index (κ1) is 25.4. The van der Waals surface area contributed by atoms with Gasteiger partial charge in [-0.2, -0.15) is 0 Å². The molecule has 1 atom stereocenters. The zero-order valence-electron chi connectivity index (χ0n) is 21.3. The van der Waals surface area contributed by atoms with Crippen molar-refractivity contribution in [1.29, 1.82) is 0 Å². The van der Waals surface area contributed by atoms with Gasteiger partial charge in [0, 0.05) is 31.7 Å². The third kappa shape index (κ3) is 4.98. The fourth-order valence-electron chi connectivity index (χ4n) is 5.09. The fourth-order valence-corrected chi connectivity index (χ4v) is 5.09. The van der Waals surface area contributed by atoms with Crippen molar-refractivity contribution >= 4 is 40.9 Å². The van der Waals surface area contributed by atoms with Crippen LogP contribution in [0.5, 0.6) is 5.75 Å². The van der Waals surface area contributed by atoms with E-state index in [-0.39, 0.29) is 49.0 Å². The van der Waals surface area contributed by atoms with Gasteiger partial charge in [0.25, 0.3) is 17.7 Å². The number of amides is 5. The van der Waals surface area contributed by atoms with E-state index < -0.39 is 6.10 Å². The molecule has 0 radical (unpaired) electrons. The van der Waals surface area contributed by atoms with E-state index in [2.05, 4.69) is 5.32 Å². The highest BCUT2D eigenvalue weighted by Crippen LogP contribution is 2.36. The minimum absolute atomic E-state index is 0.0861. The average Bonchev–Trinajstić information content (AvgIpc) is 3.17. The lowest BCUT2D eigenvalue weighted by Crippen LogP contribution is -2.50. The van der Waals surface area contributed by atoms with E-state index in [1.807, 2.05) is 0 Å². The lowest BCUT2D eigenvalue weighted by molar-refractivity contribution is -0.133. The van der Waals surface area contributed by atoms with Gasteiger partial charge in [0.05, 0.1) is 16.8 Å². The van der Waals surface area contributed by atoms with E-state index in [0.717, 1.165) is 24.2 Å². The molecule has 3 heterocycles. The second-order valence-corrected chi connectivity index (χ2v) is 9.77. The smallest absolute Gasteiger partial charge is 0.268 e. The number of fused-ring (bicyclic) bond motifs is 2. The number of rotatable bonds is 7. The Hall–Kier alpha value is -4.21. The molecular formula is C28H30N4O6. The van der Waals surface area contributed by atoms with Crippen molar-refractivity contribution in [1.82, 2.24) is 9.80 Å². The van der Waals surface area contributed by atoms with Crippen molar-refractivity contribution in [2.24, 2.45) is 0 Å². The molecule has 1 N–H and O–H groups in total. The second-order valence-electron chi connectivity index (χ2n) is 9.77. The Morgan fingerprint density at radius 3 is 2.32 bits per heavy atom. The van der Waals surface area contributed by atoms with Crippen molar-refractivity contribution in [2.45, 2.75) is 45.1 Å². The first-order valence-electron chi connectivity index (χ1n) is 13.0. The van der Waals surface area contributed by atoms with Crippen LogP contribution >= 0.6 is 0 Å². The van der Waals surface area contributed by atoms with Crippen LogP contribution in [0.25, 0.3) is 0 Å². The van der Waals surface area contributed by atoms with Gasteiger partial charge in [-0.05, 0) is 62.9 Å². The maximum Gasteiger partial charge on any atom is 0.268 e. The largest absolute Gasteiger partial charge is 0.479 e. The van der Waals surface area contributed by atoms with Crippen LogP contribution in [0.2, 0.25) is 0 Å². The van der Waals surface area contributed by atoms with Crippen molar-refractivity contribution < 1.29 is 28.7 Å². The number of carbonyl (C=O) groups excluding carboxylic acids is 5. The van der Waals surface area contributed by atoms with Crippen LogP contribution in [0.3, 0.4) is 0 Å². The summed E-state index contributed by atoms with van der Waals surface area (Å²) in [6.07, 6.45) is 2.69. The molecule has 1 fully saturated rings. The van der Waals surface area contributed by atoms with Crippen LogP contribution in [0.4, 0.5) is 11.4 Å². The van der Waals surface area contributed by atoms with Crippen LogP contribution < -0.4 is 15.0 Å². The molecule has 5 rings (SSSR count). The van der Waals surface area contributed by atoms with Gasteiger partial charge in [0.2, 0.25) is 11.8 Å². The Bertz CT molecular complexity index is 1270. The highest BCUT2D eigenvalue weighted by molar-refractivity contribution is 6.21. The molecule has 0 bridgehead atoms. The number of ether oxygens (including phenoxy) is 1. The molecule has 2 aromatic rings. The van der Waals surface area contributed by atoms with Crippen LogP contribution in [-0.2, 0) is 14.4 Å². The van der Waals surface area contributed by atoms with Crippen LogP contribution in [0.1, 0.15) is 59.7 Å². The lowest BCUT2D eigenvalue weighted by atomic mass is 10.1. The Morgan fingerprint density at radius 2 is 1.63 bits per heavy atom. The van der Waals surface area contributed by atoms with Crippen molar-refractivity contribution in [3.8, 4) is 5.75 Å². The third-order valence-corrected chi connectivity index (χ3v) is 7.12. The van der Waals surface area contributed by atoms with Crippen LogP contribution in [0, 0.1) is 0 Å². The van der Waals surface area contributed by atoms with E-state index in [1.165, 1.54) is 4.90 Å². The van der Waals surface area contributed by atoms with E-state index in [4.69, 9.17) is 4.74 Å². The minimum Gasteiger partial charge on any atom is -0.479 e. The molecule has 2 aromatic carbocycles. The zero-order valence-corrected chi connectivity index (χ0v) is 21.3. The molecule has 0 spiro atoms. The number of hydrogen-bond donors (Lipinski definition) is 1. The molecule has 0 aromatic heterocycles. The number of piperidine rings is 1. The fraction of sp³-hybridized carbons (Fsp3) is 0.393. The second kappa shape index (κ2) is 10.6. The number of likely N-dealkylation sites (tertiary alicyclic amines) is 1. The van der Waals surface area contributed by atoms with Gasteiger partial charge in [-0.3, -0.25) is 33.8 Å². The Kier molecular flexibility index (Phi) is 7.13. The third-order valence-electron chi connectivity index (χ3n) is 7.12. The molecule has 198 valence electrons. The Labute approximate surface area is 220 Å². The highest BCUT2D eigenvalue weighted by atomic mass is 16.5. The van der Waals surface area contributed by atoms with Crippen molar-refractivity contribution in [3.63, 3.8) is 0 Å². The predicted molar refractivity (Wildman–Crippen MR) is 139 cm³/mol. The first-order valence-corrected chi connectivity index (χ1v) is 13.0. The van der Waals surface area contributed by atoms with Gasteiger partial charge in [0.15, 0.2) is 6.10 Å². The van der Waals surface area contributed by atoms with Gasteiger partial charge >= 0.3 is 0 Å². The summed E-state index contributed by atoms with van der Waals surface area (Å²) in [5.74, 6) is -0.952. The normalized spacial score (nSPS) is 18.7. The van der Waals surface area contributed by atoms with Crippen molar-refractivity contribution in [2.75, 3.05) is 36.4 Å². The highest BCUT2D eigenvalue weighted by Gasteiger charge is 2.35. The summed E-state index contributed by atoms with van der Waals surface area (Å²) in [6, 6.07) is 11.6. The molecule has 10 nitrogen and oxygen atoms in total. The van der Waals surface area contributed by atoms with E-state index in [0.29, 0.717) is 47.8 Å². The van der Waals surface area contributed by atoms with E-state index >= 15 is 0 Å². The Balaban J connectivity index is 1.21. The van der Waals surface area contributed by atoms with Gasteiger partial charge < -0.3 is 15.0 Å². The van der Waals surface area contributed by atoms with Gasteiger partial charge in [-0.25, -0.2) is 0 Å². The molecule has 1 saturated heterocycles. The number of nitrogens with zero attached hydrogens (tertiary/aromatic N) is 3. The number of imide groups is 1. The van der Waals surface area contributed by atoms with Gasteiger partial charge in [0.1, 0.15) is 12.3 Å². The van der Waals surface area contributed by atoms with E-state index in [9.17, 15) is 24.0 Å². The maximum atomic E-state index is 12.9. The Morgan fingerprint density at radius 1 is 0.947 bits per heavy atom. The molecule has 0 saturated carbocycles. The predicted octanol–water partition coefficient (Wildman–Crippen LogP) is 2.83. The standard InChI is InChI=1S/C28H30N4O6/c1-18-26(35)32(17-25(34)30-13-5-2-6-14-30)22-16-19(11-12-23(22)38-18)29-24(33)10-7-15-31-27(36)20-8-3-4-9-21(20)28(31)37/h3-4,8-9,11-12,16,18H,2,5-7,10,13-15,17H2,1H3,(H,29,33). The van der Waals surface area contributed by atoms with Crippen molar-refractivity contribution in [3.05, 3.63) is 53.6 Å². The van der Waals surface area contributed by atoms with Crippen LogP contribution in [0.15, 0.2) is 42.5 Å². The zero-order chi connectivity index (χ0) is 26.8. The number of carbonyl (C=O) groups is 5. The first-order chi connectivity index (χ1) is 18.3. The van der Waals surface area contributed by atoms with E-state index in [1.54, 1.807) is 54.3 Å². The van der Waals surface area contributed by atoms with Gasteiger partial charge in [-0.15, -0.1) is 0 Å². The van der Waals surface area contributed by atoms with Gasteiger partial charge in [-0.1, -0.05) is 12.1 Å². The number of nitrogens with one attached hydrogen (secondary N) is 1. The summed E-state index contributed by atoms with van der Waals surface area (Å²) in [6.45, 7) is 3.08. The average molecular weight is 519 g/mol. The molecule has 1 unspecified atom stereocenters. The quantitative estimate of drug-likeness (QED) is 0.564. The molecule has 10 heteroatoms. The molecule has 3 aliphatic rings. The molecular weight excluding hydrogens is 488 g/mol. The number of anilines is 2. The summed E-state index contributed by atoms with van der Waals surface area (Å²) in [5.41, 5.74) is 1.65. The summed E-state index contributed by atoms with van der Waals surface area (Å²) in [7, 11) is 0. The SMILES string of the molecule is CC1Oc2ccc(NC(=O)CCCN3C(=O)c4ccccc4C3=O)cc2N(CC(=O)N2CCCCC2)C1=O. The number of benzene rings is 2. The summed E-state index contributed by atoms with van der Waals surface area (Å²) < 4.78 is 5.73. The van der Waals surface area contributed by atoms with Crippen LogP contribution in [-0.4, -0.2) is 71.6 Å². The summed E-state index contributed by atoms with van der Waals surface area (Å²) in [5, 5.41) is 2.80. The maximum absolute atomic E-state index is 12.9. The molecule has 3 aliphatic heterocycles. The molecule has 0 aliphatic carbocycles. The molecule has 5 amide bonds. The topological polar surface area (TPSA) is 116 Å². The lowest BCUT2D eigenvalue weighted by Gasteiger charge is -2.35. The number of hydrogen-bond acceptors (Lipinski definition) is 6. The summed E-state index contributed by atoms with van der Waals surface area (Å²) in [4.78, 5) is 67.9. The molecule has 38 heavy (non-hydrogen) atoms. The minimum atomic E-state index is -0.723. The monoisotopic (exact) mass is 518 g/mol.